The molecule has 0 unspecified atom stereocenters. The van der Waals surface area contributed by atoms with Crippen LogP contribution in [0.2, 0.25) is 0 Å². The van der Waals surface area contributed by atoms with Crippen molar-refractivity contribution in [3.05, 3.63) is 84.7 Å². The Kier molecular flexibility index (Phi) is 5.36. The van der Waals surface area contributed by atoms with Crippen molar-refractivity contribution >= 4 is 5.97 Å². The summed E-state index contributed by atoms with van der Waals surface area (Å²) in [5.74, 6) is 0.360. The lowest BCUT2D eigenvalue weighted by molar-refractivity contribution is -0.130. The highest BCUT2D eigenvalue weighted by Gasteiger charge is 2.09. The van der Waals surface area contributed by atoms with Crippen LogP contribution in [0.5, 0.6) is 11.5 Å². The zero-order chi connectivity index (χ0) is 19.4. The Balaban J connectivity index is 1.82. The number of rotatable bonds is 5. The van der Waals surface area contributed by atoms with Gasteiger partial charge >= 0.3 is 5.97 Å². The molecule has 0 fully saturated rings. The van der Waals surface area contributed by atoms with E-state index in [9.17, 15) is 9.18 Å². The second-order valence-corrected chi connectivity index (χ2v) is 6.12. The predicted octanol–water partition coefficient (Wildman–Crippen LogP) is 5.65. The maximum Gasteiger partial charge on any atom is 0.338 e. The zero-order valence-electron chi connectivity index (χ0n) is 15.2. The van der Waals surface area contributed by atoms with Crippen molar-refractivity contribution in [2.45, 2.75) is 6.92 Å². The average molecular weight is 362 g/mol. The highest BCUT2D eigenvalue weighted by molar-refractivity contribution is 5.88. The second-order valence-electron chi connectivity index (χ2n) is 6.12. The monoisotopic (exact) mass is 362 g/mol. The molecule has 0 bridgehead atoms. The van der Waals surface area contributed by atoms with E-state index in [2.05, 4.69) is 6.58 Å². The van der Waals surface area contributed by atoms with Gasteiger partial charge in [0.1, 0.15) is 17.3 Å². The molecule has 0 aliphatic carbocycles. The second kappa shape index (κ2) is 7.87. The number of hydrogen-bond acceptors (Lipinski definition) is 3. The molecule has 0 spiro atoms. The van der Waals surface area contributed by atoms with Crippen LogP contribution in [0.3, 0.4) is 0 Å². The Hall–Kier alpha value is -3.40. The number of esters is 1. The third kappa shape index (κ3) is 4.23. The van der Waals surface area contributed by atoms with Crippen molar-refractivity contribution in [3.63, 3.8) is 0 Å². The van der Waals surface area contributed by atoms with Crippen LogP contribution in [-0.4, -0.2) is 13.1 Å². The van der Waals surface area contributed by atoms with E-state index in [0.29, 0.717) is 16.9 Å². The van der Waals surface area contributed by atoms with Gasteiger partial charge in [0.2, 0.25) is 0 Å². The summed E-state index contributed by atoms with van der Waals surface area (Å²) >= 11 is 0. The Morgan fingerprint density at radius 1 is 0.852 bits per heavy atom. The maximum absolute atomic E-state index is 14.6. The zero-order valence-corrected chi connectivity index (χ0v) is 15.2. The Morgan fingerprint density at radius 2 is 1.41 bits per heavy atom. The van der Waals surface area contributed by atoms with Gasteiger partial charge in [0, 0.05) is 11.1 Å². The molecule has 27 heavy (non-hydrogen) atoms. The summed E-state index contributed by atoms with van der Waals surface area (Å²) in [6.45, 7) is 5.13. The minimum absolute atomic E-state index is 0.310. The molecule has 0 radical (unpaired) electrons. The summed E-state index contributed by atoms with van der Waals surface area (Å²) in [7, 11) is 1.59. The van der Waals surface area contributed by atoms with E-state index in [1.165, 1.54) is 6.07 Å². The summed E-state index contributed by atoms with van der Waals surface area (Å²) in [4.78, 5) is 11.5. The van der Waals surface area contributed by atoms with Crippen LogP contribution >= 0.6 is 0 Å². The van der Waals surface area contributed by atoms with Crippen LogP contribution in [0, 0.1) is 5.82 Å². The Bertz CT molecular complexity index is 974. The molecule has 0 aliphatic heterocycles. The minimum Gasteiger partial charge on any atom is -0.497 e. The van der Waals surface area contributed by atoms with Gasteiger partial charge < -0.3 is 9.47 Å². The van der Waals surface area contributed by atoms with E-state index >= 15 is 0 Å². The molecule has 0 atom stereocenters. The predicted molar refractivity (Wildman–Crippen MR) is 104 cm³/mol. The van der Waals surface area contributed by atoms with E-state index in [1.807, 2.05) is 18.2 Å². The van der Waals surface area contributed by atoms with Crippen LogP contribution < -0.4 is 9.47 Å². The van der Waals surface area contributed by atoms with Crippen LogP contribution in [0.4, 0.5) is 4.39 Å². The third-order valence-corrected chi connectivity index (χ3v) is 4.12. The number of methoxy groups -OCH3 is 1. The third-order valence-electron chi connectivity index (χ3n) is 4.12. The van der Waals surface area contributed by atoms with Gasteiger partial charge in [-0.2, -0.15) is 0 Å². The number of halogens is 1. The molecular weight excluding hydrogens is 343 g/mol. The molecular formula is C23H19FO3. The standard InChI is InChI=1S/C23H19FO3/c1-15(2)23(25)27-20-11-4-16(5-12-20)18-8-13-21(22(24)14-18)17-6-9-19(26-3)10-7-17/h4-14H,1H2,2-3H3. The number of carbonyl (C=O) groups is 1. The fourth-order valence-electron chi connectivity index (χ4n) is 2.61. The summed E-state index contributed by atoms with van der Waals surface area (Å²) in [6, 6.07) is 19.3. The van der Waals surface area contributed by atoms with E-state index in [4.69, 9.17) is 9.47 Å². The fraction of sp³-hybridized carbons (Fsp3) is 0.0870. The molecule has 0 aliphatic rings. The number of ether oxygens (including phenoxy) is 2. The number of hydrogen-bond donors (Lipinski definition) is 0. The van der Waals surface area contributed by atoms with Gasteiger partial charge in [-0.05, 0) is 53.9 Å². The van der Waals surface area contributed by atoms with Crippen molar-refractivity contribution in [1.29, 1.82) is 0 Å². The first kappa shape index (κ1) is 18.4. The van der Waals surface area contributed by atoms with Crippen LogP contribution in [0.1, 0.15) is 6.92 Å². The fourth-order valence-corrected chi connectivity index (χ4v) is 2.61. The number of benzene rings is 3. The highest BCUT2D eigenvalue weighted by atomic mass is 19.1. The van der Waals surface area contributed by atoms with Gasteiger partial charge in [0.15, 0.2) is 0 Å². The molecule has 0 N–H and O–H groups in total. The molecule has 0 saturated heterocycles. The molecule has 4 heteroatoms. The first-order chi connectivity index (χ1) is 13.0. The molecule has 0 amide bonds. The van der Waals surface area contributed by atoms with Crippen molar-refractivity contribution in [3.8, 4) is 33.8 Å². The van der Waals surface area contributed by atoms with Crippen molar-refractivity contribution in [1.82, 2.24) is 0 Å². The lowest BCUT2D eigenvalue weighted by atomic mass is 9.99. The average Bonchev–Trinajstić information content (AvgIpc) is 2.68. The summed E-state index contributed by atoms with van der Waals surface area (Å²) in [5, 5.41) is 0. The summed E-state index contributed by atoms with van der Waals surface area (Å²) in [5.41, 5.74) is 3.19. The Morgan fingerprint density at radius 3 is 1.96 bits per heavy atom. The van der Waals surface area contributed by atoms with Gasteiger partial charge in [-0.15, -0.1) is 0 Å². The van der Waals surface area contributed by atoms with Crippen molar-refractivity contribution < 1.29 is 18.7 Å². The summed E-state index contributed by atoms with van der Waals surface area (Å²) in [6.07, 6.45) is 0. The molecule has 3 nitrogen and oxygen atoms in total. The lowest BCUT2D eigenvalue weighted by Crippen LogP contribution is -2.07. The molecule has 0 saturated carbocycles. The van der Waals surface area contributed by atoms with Gasteiger partial charge in [0.25, 0.3) is 0 Å². The Labute approximate surface area is 157 Å². The van der Waals surface area contributed by atoms with Crippen LogP contribution in [-0.2, 0) is 4.79 Å². The molecule has 3 aromatic rings. The minimum atomic E-state index is -0.474. The molecule has 136 valence electrons. The molecule has 3 aromatic carbocycles. The molecule has 3 rings (SSSR count). The smallest absolute Gasteiger partial charge is 0.338 e. The van der Waals surface area contributed by atoms with E-state index in [-0.39, 0.29) is 5.82 Å². The van der Waals surface area contributed by atoms with E-state index in [1.54, 1.807) is 56.5 Å². The van der Waals surface area contributed by atoms with Gasteiger partial charge in [-0.3, -0.25) is 0 Å². The van der Waals surface area contributed by atoms with E-state index in [0.717, 1.165) is 22.4 Å². The van der Waals surface area contributed by atoms with Crippen molar-refractivity contribution in [2.24, 2.45) is 0 Å². The first-order valence-corrected chi connectivity index (χ1v) is 8.40. The van der Waals surface area contributed by atoms with Crippen molar-refractivity contribution in [2.75, 3.05) is 7.11 Å². The van der Waals surface area contributed by atoms with Crippen LogP contribution in [0.15, 0.2) is 78.9 Å². The van der Waals surface area contributed by atoms with Gasteiger partial charge in [-0.25, -0.2) is 9.18 Å². The first-order valence-electron chi connectivity index (χ1n) is 8.40. The SMILES string of the molecule is C=C(C)C(=O)Oc1ccc(-c2ccc(-c3ccc(OC)cc3)c(F)c2)cc1. The molecule has 0 aromatic heterocycles. The van der Waals surface area contributed by atoms with Gasteiger partial charge in [0.05, 0.1) is 7.11 Å². The number of carbonyl (C=O) groups excluding carboxylic acids is 1. The maximum atomic E-state index is 14.6. The molecule has 0 heterocycles. The topological polar surface area (TPSA) is 35.5 Å². The highest BCUT2D eigenvalue weighted by Crippen LogP contribution is 2.30. The van der Waals surface area contributed by atoms with Gasteiger partial charge in [-0.1, -0.05) is 43.0 Å². The normalized spacial score (nSPS) is 10.3. The van der Waals surface area contributed by atoms with Crippen LogP contribution in [0.25, 0.3) is 22.3 Å². The largest absolute Gasteiger partial charge is 0.497 e. The van der Waals surface area contributed by atoms with E-state index < -0.39 is 5.97 Å². The quantitative estimate of drug-likeness (QED) is 0.334. The summed E-state index contributed by atoms with van der Waals surface area (Å²) < 4.78 is 24.9. The lowest BCUT2D eigenvalue weighted by Gasteiger charge is -2.09.